The van der Waals surface area contributed by atoms with Gasteiger partial charge in [-0.15, -0.1) is 0 Å². The van der Waals surface area contributed by atoms with Gasteiger partial charge in [-0.3, -0.25) is 18.9 Å². The Labute approximate surface area is 363 Å². The van der Waals surface area contributed by atoms with Gasteiger partial charge in [0.05, 0.1) is 25.5 Å². The summed E-state index contributed by atoms with van der Waals surface area (Å²) in [6.45, 7) is 8.76. The van der Waals surface area contributed by atoms with Gasteiger partial charge in [-0.2, -0.15) is 10.2 Å². The Balaban J connectivity index is 1.41. The molecule has 1 aliphatic heterocycles. The molecule has 20 nitrogen and oxygen atoms in total. The largest absolute Gasteiger partial charge is 0.467 e. The minimum absolute atomic E-state index is 0.000121. The highest BCUT2D eigenvalue weighted by Gasteiger charge is 2.59. The Morgan fingerprint density at radius 3 is 2.25 bits per heavy atom. The minimum atomic E-state index is -4.62. The van der Waals surface area contributed by atoms with Crippen LogP contribution in [-0.2, 0) is 69.7 Å². The smallest absolute Gasteiger partial charge is 0.459 e. The summed E-state index contributed by atoms with van der Waals surface area (Å²) in [4.78, 5) is 68.1. The molecule has 0 saturated carbocycles. The number of methoxy groups -OCH3 is 1. The zero-order valence-electron chi connectivity index (χ0n) is 36.0. The molecular weight excluding hydrogens is 843 g/mol. The summed E-state index contributed by atoms with van der Waals surface area (Å²) in [5.74, 6) is -2.60. The lowest BCUT2D eigenvalue weighted by atomic mass is 9.96. The van der Waals surface area contributed by atoms with Crippen molar-refractivity contribution in [1.29, 1.82) is 0 Å². The molecule has 0 bridgehead atoms. The topological polar surface area (TPSA) is 257 Å². The maximum atomic E-state index is 14.8. The number of alkyl carbamates (subject to hydrolysis) is 1. The second-order valence-electron chi connectivity index (χ2n) is 15.0. The van der Waals surface area contributed by atoms with Crippen LogP contribution in [0.15, 0.2) is 73.1 Å². The number of nitrogens with zero attached hydrogens (tertiary/aromatic N) is 3. The van der Waals surface area contributed by atoms with Crippen LogP contribution in [0.5, 0.6) is 5.75 Å². The van der Waals surface area contributed by atoms with E-state index in [1.165, 1.54) is 43.9 Å². The van der Waals surface area contributed by atoms with Gasteiger partial charge in [-0.1, -0.05) is 56.3 Å². The number of nitrogens with one attached hydrogen (secondary N) is 2. The van der Waals surface area contributed by atoms with Gasteiger partial charge in [0.2, 0.25) is 0 Å². The molecule has 0 aliphatic carbocycles. The first-order chi connectivity index (χ1) is 30.0. The highest BCUT2D eigenvalue weighted by atomic mass is 31.2. The first-order valence-corrected chi connectivity index (χ1v) is 21.7. The Morgan fingerprint density at radius 1 is 0.921 bits per heavy atom. The maximum Gasteiger partial charge on any atom is 0.459 e. The standard InChI is InChI=1S/C42H53N6O14P/c1-8-33(49)59-36-35(31-19-20-32-38(43)44-24-45-48(31)32)61-42(6,37(36)60-34(50)9-2)23-57-63(54,47-26(5)39(51)58-25(3)4)62-29-17-15-27(16-18-29)21-30(40(52)55-7)46-41(53)56-22-28-13-11-10-12-14-28/h10-20,24-26,30,35-37H,8-9,21-23H2,1-7H3,(H,46,53)(H,47,54)(H2,43,44,45)/t26-,30-,35-,36-,37-,42+,63?/m0/s1. The lowest BCUT2D eigenvalue weighted by Crippen LogP contribution is -2.48. The molecule has 0 radical (unpaired) electrons. The van der Waals surface area contributed by atoms with Crippen LogP contribution in [0.25, 0.3) is 5.52 Å². The average Bonchev–Trinajstić information content (AvgIpc) is 3.81. The molecule has 1 unspecified atom stereocenters. The number of nitrogens with two attached hydrogens (primary N) is 1. The number of amides is 1. The number of aromatic nitrogens is 3. The predicted octanol–water partition coefficient (Wildman–Crippen LogP) is 4.93. The highest BCUT2D eigenvalue weighted by molar-refractivity contribution is 7.52. The zero-order valence-corrected chi connectivity index (χ0v) is 36.9. The molecule has 340 valence electrons. The van der Waals surface area contributed by atoms with Crippen molar-refractivity contribution in [2.45, 2.75) is 110 Å². The Bertz CT molecular complexity index is 2280. The van der Waals surface area contributed by atoms with Crippen LogP contribution >= 0.6 is 7.75 Å². The summed E-state index contributed by atoms with van der Waals surface area (Å²) in [6, 6.07) is 15.9. The molecule has 4 aromatic rings. The molecule has 7 atom stereocenters. The van der Waals surface area contributed by atoms with Crippen molar-refractivity contribution in [2.24, 2.45) is 0 Å². The summed E-state index contributed by atoms with van der Waals surface area (Å²) in [5.41, 5.74) is 6.49. The minimum Gasteiger partial charge on any atom is -0.467 e. The van der Waals surface area contributed by atoms with E-state index >= 15 is 0 Å². The van der Waals surface area contributed by atoms with Crippen molar-refractivity contribution in [3.05, 3.63) is 89.9 Å². The van der Waals surface area contributed by atoms with Crippen molar-refractivity contribution in [2.75, 3.05) is 19.5 Å². The van der Waals surface area contributed by atoms with Crippen LogP contribution in [0.2, 0.25) is 0 Å². The molecule has 5 rings (SSSR count). The maximum absolute atomic E-state index is 14.8. The van der Waals surface area contributed by atoms with Gasteiger partial charge < -0.3 is 44.0 Å². The first kappa shape index (κ1) is 48.0. The van der Waals surface area contributed by atoms with E-state index in [0.29, 0.717) is 16.8 Å². The molecular formula is C42H53N6O14P. The van der Waals surface area contributed by atoms with Crippen LogP contribution in [0, 0.1) is 0 Å². The first-order valence-electron chi connectivity index (χ1n) is 20.2. The number of benzene rings is 2. The zero-order chi connectivity index (χ0) is 45.9. The molecule has 1 saturated heterocycles. The molecule has 21 heteroatoms. The number of rotatable bonds is 20. The Morgan fingerprint density at radius 2 is 1.60 bits per heavy atom. The SMILES string of the molecule is CCC(=O)O[C@H]1[C@H](c2ccc3c(N)ncnn23)O[C@](C)(COP(=O)(N[C@@H](C)C(=O)OC(C)C)Oc2ccc(C[C@H](NC(=O)OCc3ccccc3)C(=O)OC)cc2)[C@H]1OC(=O)CC. The van der Waals surface area contributed by atoms with E-state index < -0.39 is 86.4 Å². The summed E-state index contributed by atoms with van der Waals surface area (Å²) in [7, 11) is -3.44. The van der Waals surface area contributed by atoms with E-state index in [2.05, 4.69) is 20.5 Å². The number of hydrogen-bond donors (Lipinski definition) is 3. The van der Waals surface area contributed by atoms with Gasteiger partial charge in [0.25, 0.3) is 0 Å². The predicted molar refractivity (Wildman–Crippen MR) is 224 cm³/mol. The van der Waals surface area contributed by atoms with Crippen LogP contribution in [-0.4, -0.2) is 94.3 Å². The number of esters is 4. The third-order valence-corrected chi connectivity index (χ3v) is 11.3. The molecule has 2 aromatic carbocycles. The summed E-state index contributed by atoms with van der Waals surface area (Å²) < 4.78 is 62.1. The fourth-order valence-electron chi connectivity index (χ4n) is 6.47. The number of nitrogen functional groups attached to an aromatic ring is 1. The highest BCUT2D eigenvalue weighted by Crippen LogP contribution is 2.50. The molecule has 3 heterocycles. The van der Waals surface area contributed by atoms with E-state index in [0.717, 1.165) is 5.56 Å². The number of ether oxygens (including phenoxy) is 6. The fraction of sp³-hybridized carbons (Fsp3) is 0.452. The van der Waals surface area contributed by atoms with E-state index in [1.54, 1.807) is 76.2 Å². The summed E-state index contributed by atoms with van der Waals surface area (Å²) in [6.07, 6.45) is -3.92. The van der Waals surface area contributed by atoms with Crippen LogP contribution in [0.1, 0.15) is 77.3 Å². The van der Waals surface area contributed by atoms with Gasteiger partial charge in [0.1, 0.15) is 48.0 Å². The molecule has 1 fully saturated rings. The van der Waals surface area contributed by atoms with E-state index in [9.17, 15) is 28.5 Å². The monoisotopic (exact) mass is 896 g/mol. The third kappa shape index (κ3) is 12.5. The molecule has 2 aromatic heterocycles. The van der Waals surface area contributed by atoms with Crippen LogP contribution in [0.3, 0.4) is 0 Å². The van der Waals surface area contributed by atoms with Crippen molar-refractivity contribution >= 4 is 49.1 Å². The van der Waals surface area contributed by atoms with E-state index in [1.807, 2.05) is 6.07 Å². The van der Waals surface area contributed by atoms with E-state index in [4.69, 9.17) is 43.2 Å². The van der Waals surface area contributed by atoms with Crippen molar-refractivity contribution in [3.63, 3.8) is 0 Å². The quantitative estimate of drug-likeness (QED) is 0.0604. The molecule has 1 amide bonds. The van der Waals surface area contributed by atoms with Gasteiger partial charge in [0, 0.05) is 19.3 Å². The molecule has 0 spiro atoms. The normalized spacial score (nSPS) is 20.2. The molecule has 63 heavy (non-hydrogen) atoms. The molecule has 4 N–H and O–H groups in total. The summed E-state index contributed by atoms with van der Waals surface area (Å²) >= 11 is 0. The number of hydrogen-bond acceptors (Lipinski definition) is 17. The second kappa shape index (κ2) is 21.3. The second-order valence-corrected chi connectivity index (χ2v) is 16.6. The van der Waals surface area contributed by atoms with Crippen molar-refractivity contribution < 1.29 is 66.0 Å². The summed E-state index contributed by atoms with van der Waals surface area (Å²) in [5, 5.41) is 9.44. The number of carbonyl (C=O) groups excluding carboxylic acids is 5. The van der Waals surface area contributed by atoms with Crippen molar-refractivity contribution in [1.82, 2.24) is 25.0 Å². The lowest BCUT2D eigenvalue weighted by molar-refractivity contribution is -0.171. The van der Waals surface area contributed by atoms with Gasteiger partial charge in [-0.05, 0) is 63.1 Å². The lowest BCUT2D eigenvalue weighted by Gasteiger charge is -2.32. The van der Waals surface area contributed by atoms with Gasteiger partial charge in [0.15, 0.2) is 18.0 Å². The number of fused-ring (bicyclic) bond motifs is 1. The Hall–Kier alpha value is -6.08. The van der Waals surface area contributed by atoms with Crippen molar-refractivity contribution in [3.8, 4) is 5.75 Å². The fourth-order valence-corrected chi connectivity index (χ4v) is 8.06. The number of anilines is 1. The van der Waals surface area contributed by atoms with Crippen LogP contribution < -0.4 is 20.7 Å². The average molecular weight is 897 g/mol. The Kier molecular flexibility index (Phi) is 16.2. The molecule has 1 aliphatic rings. The third-order valence-electron chi connectivity index (χ3n) is 9.66. The van der Waals surface area contributed by atoms with Gasteiger partial charge >= 0.3 is 37.7 Å². The van der Waals surface area contributed by atoms with Crippen LogP contribution in [0.4, 0.5) is 10.6 Å². The van der Waals surface area contributed by atoms with E-state index in [-0.39, 0.29) is 37.4 Å². The number of carbonyl (C=O) groups is 5. The van der Waals surface area contributed by atoms with Gasteiger partial charge in [-0.25, -0.2) is 23.7 Å².